The molecular weight excluding hydrogens is 235 g/mol. The van der Waals surface area contributed by atoms with Crippen molar-refractivity contribution in [3.05, 3.63) is 35.9 Å². The number of carbonyl (C=O) groups is 1. The summed E-state index contributed by atoms with van der Waals surface area (Å²) in [7, 11) is 0. The Balaban J connectivity index is 3.19. The first-order valence-electron chi connectivity index (χ1n) is 4.75. The first-order chi connectivity index (χ1) is 7.82. The van der Waals surface area contributed by atoms with Gasteiger partial charge in [-0.2, -0.15) is 13.2 Å². The summed E-state index contributed by atoms with van der Waals surface area (Å²) in [5.41, 5.74) is -1.32. The molecule has 0 saturated heterocycles. The van der Waals surface area contributed by atoms with Crippen LogP contribution in [0.15, 0.2) is 35.3 Å². The van der Waals surface area contributed by atoms with Crippen LogP contribution in [0.4, 0.5) is 13.2 Å². The Morgan fingerprint density at radius 2 is 1.82 bits per heavy atom. The van der Waals surface area contributed by atoms with E-state index in [4.69, 9.17) is 5.11 Å². The maximum absolute atomic E-state index is 12.7. The second-order valence-electron chi connectivity index (χ2n) is 3.36. The summed E-state index contributed by atoms with van der Waals surface area (Å²) in [5.74, 6) is -1.40. The molecule has 0 saturated carbocycles. The number of aliphatic imine (C=N–C) groups is 1. The van der Waals surface area contributed by atoms with Gasteiger partial charge in [-0.15, -0.1) is 0 Å². The van der Waals surface area contributed by atoms with Crippen LogP contribution in [-0.4, -0.2) is 29.0 Å². The zero-order chi connectivity index (χ0) is 13.1. The summed E-state index contributed by atoms with van der Waals surface area (Å²) in [5, 5.41) is 8.57. The van der Waals surface area contributed by atoms with E-state index in [1.54, 1.807) is 6.07 Å². The van der Waals surface area contributed by atoms with E-state index in [-0.39, 0.29) is 5.56 Å². The molecule has 0 fully saturated rings. The molecule has 0 spiro atoms. The Bertz CT molecular complexity index is 426. The van der Waals surface area contributed by atoms with Gasteiger partial charge in [-0.25, -0.2) is 4.79 Å². The van der Waals surface area contributed by atoms with Crippen LogP contribution in [0, 0.1) is 0 Å². The van der Waals surface area contributed by atoms with Gasteiger partial charge in [0.2, 0.25) is 0 Å². The third-order valence-electron chi connectivity index (χ3n) is 2.00. The number of halogens is 3. The average molecular weight is 245 g/mol. The topological polar surface area (TPSA) is 49.7 Å². The van der Waals surface area contributed by atoms with Gasteiger partial charge in [0.1, 0.15) is 11.8 Å². The number of aliphatic carboxylic acids is 1. The van der Waals surface area contributed by atoms with Crippen LogP contribution in [0.1, 0.15) is 12.5 Å². The first kappa shape index (κ1) is 13.2. The quantitative estimate of drug-likeness (QED) is 0.832. The second kappa shape index (κ2) is 4.99. The van der Waals surface area contributed by atoms with E-state index in [0.717, 1.165) is 6.92 Å². The highest BCUT2D eigenvalue weighted by Crippen LogP contribution is 2.23. The molecular formula is C11H10F3NO2. The molecule has 92 valence electrons. The molecule has 0 aliphatic heterocycles. The Morgan fingerprint density at radius 3 is 2.24 bits per heavy atom. The minimum Gasteiger partial charge on any atom is -0.480 e. The highest BCUT2D eigenvalue weighted by Gasteiger charge is 2.37. The second-order valence-corrected chi connectivity index (χ2v) is 3.36. The van der Waals surface area contributed by atoms with Crippen molar-refractivity contribution in [2.24, 2.45) is 4.99 Å². The molecule has 0 radical (unpaired) electrons. The summed E-state index contributed by atoms with van der Waals surface area (Å²) in [4.78, 5) is 13.7. The third-order valence-corrected chi connectivity index (χ3v) is 2.00. The van der Waals surface area contributed by atoms with Gasteiger partial charge >= 0.3 is 12.1 Å². The van der Waals surface area contributed by atoms with Crippen LogP contribution in [0.5, 0.6) is 0 Å². The van der Waals surface area contributed by atoms with E-state index >= 15 is 0 Å². The molecule has 1 aromatic carbocycles. The number of benzene rings is 1. The number of carboxylic acid groups (broad SMARTS) is 1. The van der Waals surface area contributed by atoms with Crippen molar-refractivity contribution in [2.45, 2.75) is 19.1 Å². The van der Waals surface area contributed by atoms with E-state index < -0.39 is 23.9 Å². The fourth-order valence-corrected chi connectivity index (χ4v) is 1.16. The van der Waals surface area contributed by atoms with Crippen molar-refractivity contribution < 1.29 is 23.1 Å². The van der Waals surface area contributed by atoms with Crippen molar-refractivity contribution in [3.8, 4) is 0 Å². The molecule has 0 amide bonds. The standard InChI is InChI=1S/C11H10F3NO2/c1-7(10(16)17)15-9(11(12,13)14)8-5-3-2-4-6-8/h2-7H,1H3,(H,16,17)/b15-9+/t7-/m0/s1. The lowest BCUT2D eigenvalue weighted by Gasteiger charge is -2.12. The van der Waals surface area contributed by atoms with Gasteiger partial charge < -0.3 is 5.11 Å². The van der Waals surface area contributed by atoms with Gasteiger partial charge in [-0.05, 0) is 6.92 Å². The molecule has 0 heterocycles. The smallest absolute Gasteiger partial charge is 0.433 e. The third kappa shape index (κ3) is 3.58. The minimum atomic E-state index is -4.68. The van der Waals surface area contributed by atoms with Crippen LogP contribution >= 0.6 is 0 Å². The van der Waals surface area contributed by atoms with Crippen LogP contribution in [0.25, 0.3) is 0 Å². The highest BCUT2D eigenvalue weighted by molar-refractivity contribution is 6.05. The fraction of sp³-hybridized carbons (Fsp3) is 0.273. The molecule has 0 aliphatic carbocycles. The van der Waals surface area contributed by atoms with Crippen molar-refractivity contribution in [3.63, 3.8) is 0 Å². The molecule has 1 rings (SSSR count). The molecule has 1 atom stereocenters. The van der Waals surface area contributed by atoms with Crippen LogP contribution in [0.2, 0.25) is 0 Å². The lowest BCUT2D eigenvalue weighted by atomic mass is 10.1. The zero-order valence-electron chi connectivity index (χ0n) is 8.90. The average Bonchev–Trinajstić information content (AvgIpc) is 2.25. The van der Waals surface area contributed by atoms with Crippen LogP contribution in [0.3, 0.4) is 0 Å². The highest BCUT2D eigenvalue weighted by atomic mass is 19.4. The van der Waals surface area contributed by atoms with Gasteiger partial charge in [0.15, 0.2) is 0 Å². The first-order valence-corrected chi connectivity index (χ1v) is 4.75. The molecule has 17 heavy (non-hydrogen) atoms. The molecule has 0 aliphatic rings. The van der Waals surface area contributed by atoms with Gasteiger partial charge in [-0.1, -0.05) is 30.3 Å². The monoisotopic (exact) mass is 245 g/mol. The van der Waals surface area contributed by atoms with Crippen molar-refractivity contribution in [1.82, 2.24) is 0 Å². The molecule has 0 bridgehead atoms. The van der Waals surface area contributed by atoms with Gasteiger partial charge in [-0.3, -0.25) is 4.99 Å². The summed E-state index contributed by atoms with van der Waals surface area (Å²) >= 11 is 0. The SMILES string of the molecule is C[C@H](/N=C(\c1ccccc1)C(F)(F)F)C(=O)O. The molecule has 0 aromatic heterocycles. The molecule has 3 nitrogen and oxygen atoms in total. The normalized spacial score (nSPS) is 14.5. The van der Waals surface area contributed by atoms with E-state index in [9.17, 15) is 18.0 Å². The number of nitrogens with zero attached hydrogens (tertiary/aromatic N) is 1. The number of rotatable bonds is 3. The number of carboxylic acids is 1. The van der Waals surface area contributed by atoms with Crippen LogP contribution < -0.4 is 0 Å². The Morgan fingerprint density at radius 1 is 1.29 bits per heavy atom. The Labute approximate surface area is 95.6 Å². The Hall–Kier alpha value is -1.85. The number of hydrogen-bond acceptors (Lipinski definition) is 2. The molecule has 6 heteroatoms. The summed E-state index contributed by atoms with van der Waals surface area (Å²) in [6.07, 6.45) is -4.68. The van der Waals surface area contributed by atoms with Gasteiger partial charge in [0, 0.05) is 5.56 Å². The van der Waals surface area contributed by atoms with E-state index in [0.29, 0.717) is 0 Å². The van der Waals surface area contributed by atoms with Crippen molar-refractivity contribution in [2.75, 3.05) is 0 Å². The summed E-state index contributed by atoms with van der Waals surface area (Å²) in [6.45, 7) is 1.09. The van der Waals surface area contributed by atoms with Crippen LogP contribution in [-0.2, 0) is 4.79 Å². The largest absolute Gasteiger partial charge is 0.480 e. The number of alkyl halides is 3. The predicted octanol–water partition coefficient (Wildman–Crippen LogP) is 2.51. The molecule has 1 N–H and O–H groups in total. The minimum absolute atomic E-state index is 0.145. The molecule has 0 unspecified atom stereocenters. The van der Waals surface area contributed by atoms with E-state index in [2.05, 4.69) is 4.99 Å². The van der Waals surface area contributed by atoms with Gasteiger partial charge in [0.25, 0.3) is 0 Å². The van der Waals surface area contributed by atoms with Crippen molar-refractivity contribution >= 4 is 11.7 Å². The lowest BCUT2D eigenvalue weighted by molar-refractivity contribution is -0.138. The summed E-state index contributed by atoms with van der Waals surface area (Å²) < 4.78 is 38.1. The number of hydrogen-bond donors (Lipinski definition) is 1. The summed E-state index contributed by atoms with van der Waals surface area (Å²) in [6, 6.07) is 5.47. The van der Waals surface area contributed by atoms with Gasteiger partial charge in [0.05, 0.1) is 0 Å². The lowest BCUT2D eigenvalue weighted by Crippen LogP contribution is -2.27. The molecule has 1 aromatic rings. The van der Waals surface area contributed by atoms with E-state index in [1.165, 1.54) is 24.3 Å². The predicted molar refractivity (Wildman–Crippen MR) is 56.1 cm³/mol. The van der Waals surface area contributed by atoms with E-state index in [1.807, 2.05) is 0 Å². The Kier molecular flexibility index (Phi) is 3.88. The fourth-order valence-electron chi connectivity index (χ4n) is 1.16. The maximum atomic E-state index is 12.7. The van der Waals surface area contributed by atoms with Crippen molar-refractivity contribution in [1.29, 1.82) is 0 Å². The zero-order valence-corrected chi connectivity index (χ0v) is 8.90. The maximum Gasteiger partial charge on any atom is 0.433 e.